The van der Waals surface area contributed by atoms with E-state index in [-0.39, 0.29) is 15.6 Å². The summed E-state index contributed by atoms with van der Waals surface area (Å²) >= 11 is 5.72. The maximum absolute atomic E-state index is 12.3. The van der Waals surface area contributed by atoms with Gasteiger partial charge in [-0.05, 0) is 25.1 Å². The lowest BCUT2D eigenvalue weighted by Gasteiger charge is -2.07. The molecule has 4 nitrogen and oxygen atoms in total. The lowest BCUT2D eigenvalue weighted by atomic mass is 10.2. The zero-order valence-corrected chi connectivity index (χ0v) is 11.1. The van der Waals surface area contributed by atoms with Crippen LogP contribution in [-0.2, 0) is 10.0 Å². The van der Waals surface area contributed by atoms with Crippen LogP contribution >= 0.6 is 11.6 Å². The van der Waals surface area contributed by atoms with Crippen LogP contribution in [0, 0.1) is 6.92 Å². The Bertz CT molecular complexity index is 687. The fourth-order valence-electron chi connectivity index (χ4n) is 1.55. The van der Waals surface area contributed by atoms with E-state index < -0.39 is 10.0 Å². The predicted molar refractivity (Wildman–Crippen MR) is 68.6 cm³/mol. The molecule has 94 valence electrons. The smallest absolute Gasteiger partial charge is 0.268 e. The van der Waals surface area contributed by atoms with Crippen LogP contribution in [0.15, 0.2) is 41.4 Å². The van der Waals surface area contributed by atoms with Crippen LogP contribution in [0.2, 0.25) is 5.02 Å². The molecule has 2 rings (SSSR count). The maximum Gasteiger partial charge on any atom is 0.268 e. The molecule has 0 saturated heterocycles. The monoisotopic (exact) mass is 283 g/mol. The average Bonchev–Trinajstić information content (AvgIpc) is 2.72. The summed E-state index contributed by atoms with van der Waals surface area (Å²) in [6.07, 6.45) is 1.66. The van der Waals surface area contributed by atoms with Crippen LogP contribution in [0.1, 0.15) is 16.1 Å². The van der Waals surface area contributed by atoms with Crippen LogP contribution in [0.25, 0.3) is 0 Å². The summed E-state index contributed by atoms with van der Waals surface area (Å²) in [5.74, 6) is 0. The van der Waals surface area contributed by atoms with Crippen LogP contribution in [-0.4, -0.2) is 18.7 Å². The molecule has 0 aliphatic carbocycles. The fraction of sp³-hybridized carbons (Fsp3) is 0.0833. The predicted octanol–water partition coefficient (Wildman–Crippen LogP) is 2.50. The molecule has 0 atom stereocenters. The van der Waals surface area contributed by atoms with Gasteiger partial charge >= 0.3 is 0 Å². The van der Waals surface area contributed by atoms with Gasteiger partial charge < -0.3 is 0 Å². The summed E-state index contributed by atoms with van der Waals surface area (Å²) < 4.78 is 25.4. The van der Waals surface area contributed by atoms with E-state index in [1.807, 2.05) is 6.92 Å². The minimum atomic E-state index is -3.78. The van der Waals surface area contributed by atoms with E-state index in [1.165, 1.54) is 24.4 Å². The number of rotatable bonds is 3. The number of benzene rings is 1. The third-order valence-corrected chi connectivity index (χ3v) is 4.39. The topological polar surface area (TPSA) is 56.1 Å². The molecular weight excluding hydrogens is 274 g/mol. The molecule has 0 saturated carbocycles. The average molecular weight is 284 g/mol. The number of aldehydes is 1. The largest absolute Gasteiger partial charge is 0.296 e. The van der Waals surface area contributed by atoms with E-state index >= 15 is 0 Å². The fourth-order valence-corrected chi connectivity index (χ4v) is 3.15. The number of aromatic nitrogens is 1. The van der Waals surface area contributed by atoms with Gasteiger partial charge in [0, 0.05) is 6.20 Å². The number of hydrogen-bond acceptors (Lipinski definition) is 3. The van der Waals surface area contributed by atoms with Crippen molar-refractivity contribution in [3.8, 4) is 0 Å². The second-order valence-electron chi connectivity index (χ2n) is 3.81. The Hall–Kier alpha value is -1.59. The summed E-state index contributed by atoms with van der Waals surface area (Å²) in [7, 11) is -3.78. The van der Waals surface area contributed by atoms with Crippen molar-refractivity contribution in [2.75, 3.05) is 0 Å². The van der Waals surface area contributed by atoms with E-state index in [0.717, 1.165) is 9.54 Å². The summed E-state index contributed by atoms with van der Waals surface area (Å²) in [5, 5.41) is 0.202. The maximum atomic E-state index is 12.3. The minimum Gasteiger partial charge on any atom is -0.296 e. The first-order valence-corrected chi connectivity index (χ1v) is 6.92. The van der Waals surface area contributed by atoms with Gasteiger partial charge in [-0.25, -0.2) is 12.4 Å². The highest BCUT2D eigenvalue weighted by atomic mass is 35.5. The molecule has 0 unspecified atom stereocenters. The van der Waals surface area contributed by atoms with Crippen LogP contribution in [0.3, 0.4) is 0 Å². The molecule has 18 heavy (non-hydrogen) atoms. The van der Waals surface area contributed by atoms with Gasteiger partial charge in [-0.3, -0.25) is 4.79 Å². The Morgan fingerprint density at radius 2 is 1.83 bits per heavy atom. The molecule has 1 aromatic carbocycles. The third kappa shape index (κ3) is 2.19. The van der Waals surface area contributed by atoms with Crippen molar-refractivity contribution in [1.82, 2.24) is 3.97 Å². The van der Waals surface area contributed by atoms with Gasteiger partial charge in [-0.2, -0.15) is 0 Å². The second kappa shape index (κ2) is 4.59. The number of nitrogens with zero attached hydrogens (tertiary/aromatic N) is 1. The Balaban J connectivity index is 2.61. The highest BCUT2D eigenvalue weighted by Crippen LogP contribution is 2.20. The van der Waals surface area contributed by atoms with Crippen molar-refractivity contribution in [1.29, 1.82) is 0 Å². The molecule has 0 aliphatic heterocycles. The van der Waals surface area contributed by atoms with E-state index in [2.05, 4.69) is 0 Å². The number of aryl methyl sites for hydroxylation is 1. The number of carbonyl (C=O) groups is 1. The van der Waals surface area contributed by atoms with Gasteiger partial charge in [-0.1, -0.05) is 29.3 Å². The quantitative estimate of drug-likeness (QED) is 0.813. The van der Waals surface area contributed by atoms with Gasteiger partial charge in [-0.15, -0.1) is 0 Å². The summed E-state index contributed by atoms with van der Waals surface area (Å²) in [6.45, 7) is 1.86. The van der Waals surface area contributed by atoms with Crippen LogP contribution in [0.4, 0.5) is 0 Å². The van der Waals surface area contributed by atoms with Gasteiger partial charge in [0.15, 0.2) is 6.29 Å². The van der Waals surface area contributed by atoms with Gasteiger partial charge in [0.05, 0.1) is 15.6 Å². The third-order valence-electron chi connectivity index (χ3n) is 2.48. The molecule has 0 N–H and O–H groups in total. The molecule has 0 fully saturated rings. The zero-order chi connectivity index (χ0) is 13.3. The number of halogens is 1. The second-order valence-corrected chi connectivity index (χ2v) is 6.07. The Morgan fingerprint density at radius 1 is 1.22 bits per heavy atom. The first kappa shape index (κ1) is 12.9. The first-order chi connectivity index (χ1) is 8.45. The molecule has 6 heteroatoms. The van der Waals surface area contributed by atoms with Gasteiger partial charge in [0.1, 0.15) is 0 Å². The molecular formula is C12H10ClNO3S. The van der Waals surface area contributed by atoms with E-state index in [4.69, 9.17) is 11.6 Å². The van der Waals surface area contributed by atoms with Crippen LogP contribution in [0.5, 0.6) is 0 Å². The first-order valence-electron chi connectivity index (χ1n) is 5.10. The molecule has 1 aromatic heterocycles. The number of hydrogen-bond donors (Lipinski definition) is 0. The lowest BCUT2D eigenvalue weighted by molar-refractivity contribution is 0.111. The summed E-state index contributed by atoms with van der Waals surface area (Å²) in [5.41, 5.74) is 0.954. The van der Waals surface area contributed by atoms with Crippen molar-refractivity contribution >= 4 is 27.9 Å². The molecule has 2 aromatic rings. The molecule has 0 radical (unpaired) electrons. The normalized spacial score (nSPS) is 11.4. The Kier molecular flexibility index (Phi) is 3.28. The molecule has 0 bridgehead atoms. The standard InChI is InChI=1S/C12H10ClNO3S/c1-9-2-4-12(5-3-9)18(16,17)14-7-10(13)6-11(14)8-15/h2-8H,1H3. The van der Waals surface area contributed by atoms with E-state index in [9.17, 15) is 13.2 Å². The molecule has 0 spiro atoms. The zero-order valence-electron chi connectivity index (χ0n) is 9.50. The minimum absolute atomic E-state index is 0.000532. The van der Waals surface area contributed by atoms with Crippen molar-refractivity contribution < 1.29 is 13.2 Å². The van der Waals surface area contributed by atoms with Crippen molar-refractivity contribution in [2.45, 2.75) is 11.8 Å². The number of carbonyl (C=O) groups excluding carboxylic acids is 1. The van der Waals surface area contributed by atoms with Gasteiger partial charge in [0.25, 0.3) is 10.0 Å². The van der Waals surface area contributed by atoms with Crippen molar-refractivity contribution in [3.05, 3.63) is 52.8 Å². The molecule has 0 aliphatic rings. The lowest BCUT2D eigenvalue weighted by Crippen LogP contribution is -2.14. The SMILES string of the molecule is Cc1ccc(S(=O)(=O)n2cc(Cl)cc2C=O)cc1. The summed E-state index contributed by atoms with van der Waals surface area (Å²) in [6, 6.07) is 7.68. The highest BCUT2D eigenvalue weighted by Gasteiger charge is 2.20. The Morgan fingerprint density at radius 3 is 2.39 bits per heavy atom. The van der Waals surface area contributed by atoms with Gasteiger partial charge in [0.2, 0.25) is 0 Å². The molecule has 1 heterocycles. The van der Waals surface area contributed by atoms with E-state index in [1.54, 1.807) is 12.1 Å². The van der Waals surface area contributed by atoms with Crippen molar-refractivity contribution in [2.24, 2.45) is 0 Å². The Labute approximate surface area is 110 Å². The van der Waals surface area contributed by atoms with Crippen LogP contribution < -0.4 is 0 Å². The van der Waals surface area contributed by atoms with E-state index in [0.29, 0.717) is 6.29 Å². The summed E-state index contributed by atoms with van der Waals surface area (Å²) in [4.78, 5) is 10.9. The highest BCUT2D eigenvalue weighted by molar-refractivity contribution is 7.90. The molecule has 0 amide bonds. The van der Waals surface area contributed by atoms with Crippen molar-refractivity contribution in [3.63, 3.8) is 0 Å².